The SMILES string of the molecule is O=C(CCCCCCCCCCNCC(O)CO)Nc1ccccc1[C@@H](Nc1ccccn1)[C@H](c1ccccn1)[C@H](O)c1ccccc1. The Kier molecular flexibility index (Phi) is 16.0. The van der Waals surface area contributed by atoms with Crippen molar-refractivity contribution in [3.05, 3.63) is 120 Å². The number of aromatic nitrogens is 2. The van der Waals surface area contributed by atoms with E-state index in [9.17, 15) is 15.0 Å². The van der Waals surface area contributed by atoms with Crippen molar-refractivity contribution in [1.29, 1.82) is 0 Å². The van der Waals surface area contributed by atoms with E-state index in [1.54, 1.807) is 12.4 Å². The van der Waals surface area contributed by atoms with Crippen LogP contribution < -0.4 is 16.0 Å². The molecule has 6 N–H and O–H groups in total. The molecule has 9 nitrogen and oxygen atoms in total. The first-order chi connectivity index (χ1) is 23.6. The molecule has 2 aromatic carbocycles. The highest BCUT2D eigenvalue weighted by Gasteiger charge is 2.35. The third-order valence-corrected chi connectivity index (χ3v) is 8.51. The number of aliphatic hydroxyl groups is 3. The van der Waals surface area contributed by atoms with Crippen molar-refractivity contribution in [2.75, 3.05) is 30.3 Å². The van der Waals surface area contributed by atoms with Gasteiger partial charge >= 0.3 is 0 Å². The first kappa shape index (κ1) is 36.7. The molecule has 1 amide bonds. The second-order valence-corrected chi connectivity index (χ2v) is 12.2. The van der Waals surface area contributed by atoms with Gasteiger partial charge in [-0.2, -0.15) is 0 Å². The van der Waals surface area contributed by atoms with Crippen LogP contribution >= 0.6 is 0 Å². The summed E-state index contributed by atoms with van der Waals surface area (Å²) >= 11 is 0. The van der Waals surface area contributed by atoms with E-state index in [1.165, 1.54) is 12.8 Å². The lowest BCUT2D eigenvalue weighted by Crippen LogP contribution is -2.29. The van der Waals surface area contributed by atoms with Crippen LogP contribution in [0.3, 0.4) is 0 Å². The molecule has 0 radical (unpaired) electrons. The van der Waals surface area contributed by atoms with Gasteiger partial charge in [0.1, 0.15) is 5.82 Å². The average molecular weight is 654 g/mol. The highest BCUT2D eigenvalue weighted by Crippen LogP contribution is 2.43. The van der Waals surface area contributed by atoms with Crippen molar-refractivity contribution in [3.8, 4) is 0 Å². The van der Waals surface area contributed by atoms with E-state index in [0.717, 1.165) is 61.9 Å². The molecule has 0 aliphatic rings. The molecule has 0 aliphatic heterocycles. The van der Waals surface area contributed by atoms with Crippen LogP contribution in [0.4, 0.5) is 11.5 Å². The summed E-state index contributed by atoms with van der Waals surface area (Å²) in [4.78, 5) is 22.4. The highest BCUT2D eigenvalue weighted by atomic mass is 16.3. The maximum Gasteiger partial charge on any atom is 0.224 e. The quantitative estimate of drug-likeness (QED) is 0.0526. The summed E-state index contributed by atoms with van der Waals surface area (Å²) in [5.74, 6) is 0.110. The summed E-state index contributed by atoms with van der Waals surface area (Å²) in [5.41, 5.74) is 3.02. The fraction of sp³-hybridized carbons (Fsp3) is 0.410. The van der Waals surface area contributed by atoms with Crippen LogP contribution in [0.1, 0.15) is 92.7 Å². The number of rotatable bonds is 22. The van der Waals surface area contributed by atoms with Crippen molar-refractivity contribution in [1.82, 2.24) is 15.3 Å². The summed E-state index contributed by atoms with van der Waals surface area (Å²) in [5, 5.41) is 40.0. The minimum Gasteiger partial charge on any atom is -0.394 e. The number of aliphatic hydroxyl groups excluding tert-OH is 3. The monoisotopic (exact) mass is 653 g/mol. The molecule has 256 valence electrons. The molecule has 2 heterocycles. The number of benzene rings is 2. The van der Waals surface area contributed by atoms with Gasteiger partial charge in [0.25, 0.3) is 0 Å². The minimum absolute atomic E-state index is 0.0316. The zero-order chi connectivity index (χ0) is 33.8. The molecule has 1 unspecified atom stereocenters. The average Bonchev–Trinajstić information content (AvgIpc) is 3.13. The lowest BCUT2D eigenvalue weighted by Gasteiger charge is -2.33. The Bertz CT molecular complexity index is 1440. The van der Waals surface area contributed by atoms with Crippen LogP contribution in [0.15, 0.2) is 103 Å². The number of amides is 1. The number of nitrogens with one attached hydrogen (secondary N) is 3. The van der Waals surface area contributed by atoms with Crippen molar-refractivity contribution < 1.29 is 20.1 Å². The van der Waals surface area contributed by atoms with Gasteiger partial charge in [-0.15, -0.1) is 0 Å². The molecule has 4 rings (SSSR count). The molecule has 0 saturated heterocycles. The molecule has 4 aromatic rings. The van der Waals surface area contributed by atoms with Crippen LogP contribution in [0.25, 0.3) is 0 Å². The molecule has 0 aliphatic carbocycles. The fourth-order valence-corrected chi connectivity index (χ4v) is 5.94. The maximum atomic E-state index is 13.2. The third kappa shape index (κ3) is 12.1. The summed E-state index contributed by atoms with van der Waals surface area (Å²) in [6.45, 7) is 1.08. The number of pyridine rings is 2. The molecule has 9 heteroatoms. The predicted octanol–water partition coefficient (Wildman–Crippen LogP) is 6.54. The summed E-state index contributed by atoms with van der Waals surface area (Å²) in [7, 11) is 0. The Morgan fingerprint density at radius 1 is 0.708 bits per heavy atom. The second kappa shape index (κ2) is 21.0. The maximum absolute atomic E-state index is 13.2. The van der Waals surface area contributed by atoms with Gasteiger partial charge in [-0.05, 0) is 60.8 Å². The Morgan fingerprint density at radius 3 is 2.04 bits per heavy atom. The standard InChI is InChI=1S/C39H51N5O4/c45-29-31(46)28-40-25-15-6-4-2-1-3-5-10-24-36(47)43-33-21-12-11-20-32(33)38(44-35-23-14-17-27-42-35)37(34-22-13-16-26-41-34)39(48)30-18-8-7-9-19-30/h7-9,11-14,16-23,26-27,31,37-40,45-46,48H,1-6,10,15,24-25,28-29H2,(H,42,44)(H,43,47)/t31?,37-,38+,39+/m0/s1. The van der Waals surface area contributed by atoms with Crippen molar-refractivity contribution >= 4 is 17.4 Å². The van der Waals surface area contributed by atoms with Crippen LogP contribution in [-0.2, 0) is 4.79 Å². The molecular formula is C39H51N5O4. The van der Waals surface area contributed by atoms with E-state index < -0.39 is 24.2 Å². The molecule has 0 bridgehead atoms. The summed E-state index contributed by atoms with van der Waals surface area (Å²) in [6, 6.07) is 28.2. The fourth-order valence-electron chi connectivity index (χ4n) is 5.94. The topological polar surface area (TPSA) is 140 Å². The number of anilines is 2. The lowest BCUT2D eigenvalue weighted by molar-refractivity contribution is -0.116. The van der Waals surface area contributed by atoms with E-state index in [0.29, 0.717) is 24.5 Å². The van der Waals surface area contributed by atoms with E-state index in [-0.39, 0.29) is 12.5 Å². The van der Waals surface area contributed by atoms with Crippen molar-refractivity contribution in [2.24, 2.45) is 0 Å². The highest BCUT2D eigenvalue weighted by molar-refractivity contribution is 5.91. The van der Waals surface area contributed by atoms with Gasteiger partial charge in [0.2, 0.25) is 5.91 Å². The van der Waals surface area contributed by atoms with Gasteiger partial charge in [-0.1, -0.05) is 99.2 Å². The number of hydrogen-bond acceptors (Lipinski definition) is 8. The van der Waals surface area contributed by atoms with Gasteiger partial charge in [0.15, 0.2) is 0 Å². The van der Waals surface area contributed by atoms with E-state index in [2.05, 4.69) is 25.9 Å². The zero-order valence-corrected chi connectivity index (χ0v) is 27.8. The normalized spacial score (nSPS) is 13.7. The predicted molar refractivity (Wildman–Crippen MR) is 192 cm³/mol. The Morgan fingerprint density at radius 2 is 1.35 bits per heavy atom. The largest absolute Gasteiger partial charge is 0.394 e. The smallest absolute Gasteiger partial charge is 0.224 e. The van der Waals surface area contributed by atoms with Gasteiger partial charge in [-0.25, -0.2) is 4.98 Å². The molecule has 0 fully saturated rings. The molecule has 48 heavy (non-hydrogen) atoms. The number of unbranched alkanes of at least 4 members (excludes halogenated alkanes) is 7. The van der Waals surface area contributed by atoms with Gasteiger partial charge in [0, 0.05) is 36.7 Å². The number of para-hydroxylation sites is 1. The Hall–Kier alpha value is -4.15. The van der Waals surface area contributed by atoms with E-state index in [1.807, 2.05) is 91.0 Å². The van der Waals surface area contributed by atoms with Crippen molar-refractivity contribution in [3.63, 3.8) is 0 Å². The Balaban J connectivity index is 1.38. The first-order valence-corrected chi connectivity index (χ1v) is 17.3. The number of hydrogen-bond donors (Lipinski definition) is 6. The first-order valence-electron chi connectivity index (χ1n) is 17.3. The molecule has 0 saturated carbocycles. The van der Waals surface area contributed by atoms with Gasteiger partial charge < -0.3 is 31.3 Å². The van der Waals surface area contributed by atoms with Crippen LogP contribution in [0.5, 0.6) is 0 Å². The molecule has 0 spiro atoms. The molecular weight excluding hydrogens is 602 g/mol. The second-order valence-electron chi connectivity index (χ2n) is 12.2. The number of carbonyl (C=O) groups excluding carboxylic acids is 1. The van der Waals surface area contributed by atoms with Crippen LogP contribution in [-0.4, -0.2) is 57.0 Å². The summed E-state index contributed by atoms with van der Waals surface area (Å²) < 4.78 is 0. The molecule has 2 aromatic heterocycles. The van der Waals surface area contributed by atoms with Crippen molar-refractivity contribution in [2.45, 2.75) is 82.0 Å². The summed E-state index contributed by atoms with van der Waals surface area (Å²) in [6.07, 6.45) is 11.0. The minimum atomic E-state index is -0.895. The Labute approximate surface area is 284 Å². The van der Waals surface area contributed by atoms with Crippen LogP contribution in [0.2, 0.25) is 0 Å². The van der Waals surface area contributed by atoms with Gasteiger partial charge in [0.05, 0.1) is 30.8 Å². The zero-order valence-electron chi connectivity index (χ0n) is 27.8. The number of nitrogens with zero attached hydrogens (tertiary/aromatic N) is 2. The van der Waals surface area contributed by atoms with E-state index in [4.69, 9.17) is 5.11 Å². The lowest BCUT2D eigenvalue weighted by atomic mass is 9.82. The molecule has 4 atom stereocenters. The van der Waals surface area contributed by atoms with Gasteiger partial charge in [-0.3, -0.25) is 9.78 Å². The third-order valence-electron chi connectivity index (χ3n) is 8.51. The van der Waals surface area contributed by atoms with Crippen LogP contribution in [0, 0.1) is 0 Å². The van der Waals surface area contributed by atoms with E-state index >= 15 is 0 Å². The number of carbonyl (C=O) groups is 1.